The molecule has 0 aromatic heterocycles. The third-order valence-corrected chi connectivity index (χ3v) is 4.90. The van der Waals surface area contributed by atoms with Gasteiger partial charge in [0.25, 0.3) is 0 Å². The fraction of sp³-hybridized carbons (Fsp3) is 0.467. The van der Waals surface area contributed by atoms with Crippen LogP contribution in [-0.2, 0) is 14.3 Å². The minimum atomic E-state index is -0.953. The molecule has 0 aliphatic carbocycles. The van der Waals surface area contributed by atoms with Gasteiger partial charge < -0.3 is 15.2 Å². The van der Waals surface area contributed by atoms with Gasteiger partial charge in [0.15, 0.2) is 0 Å². The number of hydrogen-bond donors (Lipinski definition) is 2. The Balaban J connectivity index is 1.80. The molecule has 2 saturated heterocycles. The molecule has 112 valence electrons. The molecule has 0 saturated carbocycles. The topological polar surface area (TPSA) is 75.6 Å². The van der Waals surface area contributed by atoms with Crippen molar-refractivity contribution in [1.82, 2.24) is 0 Å². The van der Waals surface area contributed by atoms with Gasteiger partial charge in [-0.25, -0.2) is 0 Å². The maximum atomic E-state index is 12.5. The van der Waals surface area contributed by atoms with E-state index in [9.17, 15) is 14.7 Å². The van der Waals surface area contributed by atoms with Crippen molar-refractivity contribution in [2.24, 2.45) is 11.8 Å². The number of benzene rings is 1. The molecule has 1 amide bonds. The van der Waals surface area contributed by atoms with Gasteiger partial charge in [-0.05, 0) is 53.4 Å². The van der Waals surface area contributed by atoms with Crippen LogP contribution in [0.5, 0.6) is 0 Å². The number of nitrogens with one attached hydrogen (secondary N) is 1. The number of anilines is 1. The fourth-order valence-corrected chi connectivity index (χ4v) is 3.85. The first-order chi connectivity index (χ1) is 9.97. The summed E-state index contributed by atoms with van der Waals surface area (Å²) in [4.78, 5) is 23.9. The molecule has 1 aromatic rings. The lowest BCUT2D eigenvalue weighted by atomic mass is 9.78. The van der Waals surface area contributed by atoms with Crippen LogP contribution in [0, 0.1) is 18.8 Å². The van der Waals surface area contributed by atoms with Gasteiger partial charge in [-0.15, -0.1) is 0 Å². The Morgan fingerprint density at radius 1 is 1.29 bits per heavy atom. The van der Waals surface area contributed by atoms with Crippen LogP contribution in [0.4, 0.5) is 5.69 Å². The molecule has 2 fully saturated rings. The number of ether oxygens (including phenoxy) is 1. The van der Waals surface area contributed by atoms with E-state index in [1.54, 1.807) is 6.07 Å². The van der Waals surface area contributed by atoms with E-state index >= 15 is 0 Å². The summed E-state index contributed by atoms with van der Waals surface area (Å²) in [5, 5.41) is 12.2. The number of carboxylic acids is 1. The second kappa shape index (κ2) is 5.42. The van der Waals surface area contributed by atoms with Gasteiger partial charge >= 0.3 is 5.97 Å². The number of rotatable bonds is 3. The number of carbonyl (C=O) groups is 2. The highest BCUT2D eigenvalue weighted by atomic mass is 79.9. The van der Waals surface area contributed by atoms with Crippen LogP contribution in [-0.4, -0.2) is 29.2 Å². The molecule has 2 bridgehead atoms. The van der Waals surface area contributed by atoms with E-state index in [0.717, 1.165) is 22.9 Å². The highest BCUT2D eigenvalue weighted by Gasteiger charge is 2.55. The van der Waals surface area contributed by atoms with E-state index in [2.05, 4.69) is 21.2 Å². The molecule has 21 heavy (non-hydrogen) atoms. The average molecular weight is 354 g/mol. The number of carboxylic acid groups (broad SMARTS) is 1. The number of halogens is 1. The second-order valence-electron chi connectivity index (χ2n) is 5.65. The highest BCUT2D eigenvalue weighted by Crippen LogP contribution is 2.44. The summed E-state index contributed by atoms with van der Waals surface area (Å²) in [7, 11) is 0. The molecule has 2 aliphatic rings. The zero-order valence-corrected chi connectivity index (χ0v) is 13.1. The molecule has 0 radical (unpaired) electrons. The van der Waals surface area contributed by atoms with Crippen molar-refractivity contribution in [2.75, 3.05) is 5.32 Å². The maximum absolute atomic E-state index is 12.5. The number of amides is 1. The number of aliphatic carboxylic acids is 1. The van der Waals surface area contributed by atoms with E-state index in [1.165, 1.54) is 0 Å². The van der Waals surface area contributed by atoms with Crippen LogP contribution in [0.3, 0.4) is 0 Å². The normalized spacial score (nSPS) is 30.4. The molecule has 1 aromatic carbocycles. The largest absolute Gasteiger partial charge is 0.481 e. The van der Waals surface area contributed by atoms with Crippen LogP contribution in [0.15, 0.2) is 22.7 Å². The lowest BCUT2D eigenvalue weighted by Crippen LogP contribution is -2.41. The Morgan fingerprint density at radius 3 is 2.57 bits per heavy atom. The molecule has 6 heteroatoms. The Labute approximate surface area is 130 Å². The first kappa shape index (κ1) is 14.5. The number of hydrogen-bond acceptors (Lipinski definition) is 3. The Morgan fingerprint density at radius 2 is 1.95 bits per heavy atom. The Kier molecular flexibility index (Phi) is 3.75. The predicted octanol–water partition coefficient (Wildman–Crippen LogP) is 2.57. The van der Waals surface area contributed by atoms with Gasteiger partial charge in [0.05, 0.1) is 29.7 Å². The van der Waals surface area contributed by atoms with E-state index in [-0.39, 0.29) is 18.1 Å². The lowest BCUT2D eigenvalue weighted by Gasteiger charge is -2.24. The van der Waals surface area contributed by atoms with Crippen molar-refractivity contribution in [3.63, 3.8) is 0 Å². The van der Waals surface area contributed by atoms with Crippen molar-refractivity contribution in [1.29, 1.82) is 0 Å². The standard InChI is InChI=1S/C15H16BrNO4/c1-7-2-3-9(8(16)6-7)17-14(18)12-10-4-5-11(21-10)13(12)15(19)20/h2-3,6,10-13H,4-5H2,1H3,(H,17,18)(H,19,20)/t10-,11+,12-,13-/m0/s1. The smallest absolute Gasteiger partial charge is 0.310 e. The zero-order valence-electron chi connectivity index (χ0n) is 11.5. The van der Waals surface area contributed by atoms with E-state index in [0.29, 0.717) is 5.69 Å². The van der Waals surface area contributed by atoms with Crippen molar-refractivity contribution in [3.05, 3.63) is 28.2 Å². The molecule has 5 nitrogen and oxygen atoms in total. The second-order valence-corrected chi connectivity index (χ2v) is 6.51. The summed E-state index contributed by atoms with van der Waals surface area (Å²) in [6.07, 6.45) is 0.867. The van der Waals surface area contributed by atoms with Crippen LogP contribution >= 0.6 is 15.9 Å². The Hall–Kier alpha value is -1.40. The van der Waals surface area contributed by atoms with Gasteiger partial charge in [0, 0.05) is 4.47 Å². The lowest BCUT2D eigenvalue weighted by molar-refractivity contribution is -0.147. The Bertz CT molecular complexity index is 603. The zero-order chi connectivity index (χ0) is 15.1. The molecule has 4 atom stereocenters. The minimum absolute atomic E-state index is 0.277. The number of carbonyl (C=O) groups excluding carboxylic acids is 1. The van der Waals surface area contributed by atoms with Crippen molar-refractivity contribution >= 4 is 33.5 Å². The first-order valence-corrected chi connectivity index (χ1v) is 7.72. The van der Waals surface area contributed by atoms with Gasteiger partial charge in [-0.2, -0.15) is 0 Å². The van der Waals surface area contributed by atoms with Crippen LogP contribution < -0.4 is 5.32 Å². The molecular weight excluding hydrogens is 338 g/mol. The molecule has 3 rings (SSSR count). The molecule has 0 unspecified atom stereocenters. The van der Waals surface area contributed by atoms with Crippen LogP contribution in [0.2, 0.25) is 0 Å². The van der Waals surface area contributed by atoms with Gasteiger partial charge in [0.1, 0.15) is 0 Å². The van der Waals surface area contributed by atoms with Gasteiger partial charge in [-0.1, -0.05) is 6.07 Å². The maximum Gasteiger partial charge on any atom is 0.310 e. The quantitative estimate of drug-likeness (QED) is 0.875. The molecule has 2 N–H and O–H groups in total. The highest BCUT2D eigenvalue weighted by molar-refractivity contribution is 9.10. The van der Waals surface area contributed by atoms with Gasteiger partial charge in [-0.3, -0.25) is 9.59 Å². The van der Waals surface area contributed by atoms with Crippen molar-refractivity contribution in [3.8, 4) is 0 Å². The molecular formula is C15H16BrNO4. The van der Waals surface area contributed by atoms with Crippen molar-refractivity contribution < 1.29 is 19.4 Å². The van der Waals surface area contributed by atoms with Crippen LogP contribution in [0.25, 0.3) is 0 Å². The molecule has 0 spiro atoms. The van der Waals surface area contributed by atoms with Gasteiger partial charge in [0.2, 0.25) is 5.91 Å². The summed E-state index contributed by atoms with van der Waals surface area (Å²) < 4.78 is 6.40. The summed E-state index contributed by atoms with van der Waals surface area (Å²) in [6.45, 7) is 1.96. The van der Waals surface area contributed by atoms with E-state index in [1.807, 2.05) is 19.1 Å². The molecule has 2 heterocycles. The average Bonchev–Trinajstić information content (AvgIpc) is 3.02. The predicted molar refractivity (Wildman–Crippen MR) is 80.0 cm³/mol. The summed E-state index contributed by atoms with van der Waals surface area (Å²) >= 11 is 3.41. The summed E-state index contributed by atoms with van der Waals surface area (Å²) in [6, 6.07) is 5.61. The SMILES string of the molecule is Cc1ccc(NC(=O)[C@@H]2[C@@H](C(=O)O)[C@H]3CC[C@@H]2O3)c(Br)c1. The third kappa shape index (κ3) is 2.58. The summed E-state index contributed by atoms with van der Waals surface area (Å²) in [5.74, 6) is -2.59. The first-order valence-electron chi connectivity index (χ1n) is 6.92. The number of aryl methyl sites for hydroxylation is 1. The van der Waals surface area contributed by atoms with Crippen LogP contribution in [0.1, 0.15) is 18.4 Å². The summed E-state index contributed by atoms with van der Waals surface area (Å²) in [5.41, 5.74) is 1.73. The number of fused-ring (bicyclic) bond motifs is 2. The fourth-order valence-electron chi connectivity index (χ4n) is 3.26. The third-order valence-electron chi connectivity index (χ3n) is 4.24. The minimum Gasteiger partial charge on any atom is -0.481 e. The monoisotopic (exact) mass is 353 g/mol. The molecule has 2 aliphatic heterocycles. The van der Waals surface area contributed by atoms with E-state index < -0.39 is 17.8 Å². The van der Waals surface area contributed by atoms with E-state index in [4.69, 9.17) is 4.74 Å². The van der Waals surface area contributed by atoms with Crippen molar-refractivity contribution in [2.45, 2.75) is 32.0 Å².